The standard InChI is InChI=1S/C27H29N5O5S/c1-17(2)32-24(27(36-3)15-37-16-27)13-26(30-32)38(34,35)31-25(33)12-23-21-6-4-5-18(21)7-8-22(23)19-9-10-29-20(11-19)14-28/h7-11,13,17H,4-6,12,15-16H2,1-3H3,(H,31,33). The van der Waals surface area contributed by atoms with Gasteiger partial charge >= 0.3 is 0 Å². The van der Waals surface area contributed by atoms with Gasteiger partial charge in [0.15, 0.2) is 10.6 Å². The van der Waals surface area contributed by atoms with Crippen molar-refractivity contribution in [3.63, 3.8) is 0 Å². The SMILES string of the molecule is COC1(c2cc(S(=O)(=O)NC(=O)Cc3c(-c4ccnc(C#N)c4)ccc4c3CCC4)nn2C(C)C)COC1. The van der Waals surface area contributed by atoms with Crippen molar-refractivity contribution in [2.75, 3.05) is 20.3 Å². The van der Waals surface area contributed by atoms with Crippen LogP contribution in [0.5, 0.6) is 0 Å². The molecule has 198 valence electrons. The molecule has 1 aromatic carbocycles. The van der Waals surface area contributed by atoms with Crippen molar-refractivity contribution < 1.29 is 22.7 Å². The maximum Gasteiger partial charge on any atom is 0.283 e. The van der Waals surface area contributed by atoms with E-state index in [4.69, 9.17) is 9.47 Å². The Morgan fingerprint density at radius 3 is 2.71 bits per heavy atom. The van der Waals surface area contributed by atoms with Crippen molar-refractivity contribution in [2.45, 2.75) is 56.2 Å². The van der Waals surface area contributed by atoms with Crippen LogP contribution < -0.4 is 4.72 Å². The number of hydrogen-bond acceptors (Lipinski definition) is 8. The summed E-state index contributed by atoms with van der Waals surface area (Å²) in [5, 5.41) is 13.4. The maximum absolute atomic E-state index is 13.3. The molecule has 1 amide bonds. The summed E-state index contributed by atoms with van der Waals surface area (Å²) in [6.45, 7) is 4.36. The van der Waals surface area contributed by atoms with Crippen molar-refractivity contribution in [3.8, 4) is 17.2 Å². The molecule has 2 aromatic heterocycles. The number of carbonyl (C=O) groups is 1. The Morgan fingerprint density at radius 2 is 2.05 bits per heavy atom. The Bertz CT molecular complexity index is 1540. The largest absolute Gasteiger partial charge is 0.374 e. The molecule has 3 heterocycles. The first-order valence-corrected chi connectivity index (χ1v) is 13.9. The number of rotatable bonds is 8. The van der Waals surface area contributed by atoms with Crippen LogP contribution in [-0.2, 0) is 49.2 Å². The molecule has 0 radical (unpaired) electrons. The molecule has 3 aromatic rings. The number of amides is 1. The molecular weight excluding hydrogens is 506 g/mol. The summed E-state index contributed by atoms with van der Waals surface area (Å²) in [4.78, 5) is 17.3. The topological polar surface area (TPSA) is 136 Å². The quantitative estimate of drug-likeness (QED) is 0.465. The molecule has 38 heavy (non-hydrogen) atoms. The Hall–Kier alpha value is -3.59. The summed E-state index contributed by atoms with van der Waals surface area (Å²) >= 11 is 0. The molecule has 0 unspecified atom stereocenters. The number of sulfonamides is 1. The Labute approximate surface area is 221 Å². The number of fused-ring (bicyclic) bond motifs is 1. The third-order valence-corrected chi connectivity index (χ3v) is 8.42. The van der Waals surface area contributed by atoms with Gasteiger partial charge < -0.3 is 9.47 Å². The van der Waals surface area contributed by atoms with E-state index in [2.05, 4.69) is 14.8 Å². The summed E-state index contributed by atoms with van der Waals surface area (Å²) in [6, 6.07) is 10.8. The predicted molar refractivity (Wildman–Crippen MR) is 138 cm³/mol. The zero-order valence-corrected chi connectivity index (χ0v) is 22.3. The normalized spacial score (nSPS) is 16.1. The van der Waals surface area contributed by atoms with Crippen molar-refractivity contribution in [1.82, 2.24) is 19.5 Å². The van der Waals surface area contributed by atoms with Crippen LogP contribution >= 0.6 is 0 Å². The lowest BCUT2D eigenvalue weighted by molar-refractivity contribution is -0.206. The van der Waals surface area contributed by atoms with E-state index in [0.717, 1.165) is 47.1 Å². The second-order valence-corrected chi connectivity index (χ2v) is 11.6. The second-order valence-electron chi connectivity index (χ2n) is 9.93. The predicted octanol–water partition coefficient (Wildman–Crippen LogP) is 2.81. The van der Waals surface area contributed by atoms with Crippen LogP contribution in [0, 0.1) is 11.3 Å². The third-order valence-electron chi connectivity index (χ3n) is 7.18. The summed E-state index contributed by atoms with van der Waals surface area (Å²) in [5.41, 5.74) is 4.60. The number of benzene rings is 1. The smallest absolute Gasteiger partial charge is 0.283 e. The average molecular weight is 536 g/mol. The molecule has 1 aliphatic carbocycles. The monoisotopic (exact) mass is 535 g/mol. The van der Waals surface area contributed by atoms with Crippen LogP contribution in [-0.4, -0.2) is 49.4 Å². The van der Waals surface area contributed by atoms with E-state index in [1.54, 1.807) is 30.1 Å². The molecule has 2 aliphatic rings. The molecule has 1 fully saturated rings. The number of pyridine rings is 1. The minimum Gasteiger partial charge on any atom is -0.374 e. The lowest BCUT2D eigenvalue weighted by Gasteiger charge is -2.40. The van der Waals surface area contributed by atoms with Gasteiger partial charge in [-0.05, 0) is 73.1 Å². The molecule has 0 spiro atoms. The van der Waals surface area contributed by atoms with Gasteiger partial charge in [0.2, 0.25) is 5.91 Å². The maximum atomic E-state index is 13.3. The van der Waals surface area contributed by atoms with E-state index in [1.165, 1.54) is 6.07 Å². The number of ether oxygens (including phenoxy) is 2. The molecule has 1 N–H and O–H groups in total. The number of hydrogen-bond donors (Lipinski definition) is 1. The molecule has 10 nitrogen and oxygen atoms in total. The Balaban J connectivity index is 1.45. The minimum absolute atomic E-state index is 0.129. The van der Waals surface area contributed by atoms with E-state index in [-0.39, 0.29) is 36.4 Å². The first kappa shape index (κ1) is 26.0. The second kappa shape index (κ2) is 9.94. The fraction of sp³-hybridized carbons (Fsp3) is 0.407. The van der Waals surface area contributed by atoms with E-state index in [1.807, 2.05) is 32.0 Å². The highest BCUT2D eigenvalue weighted by Gasteiger charge is 2.45. The Kier molecular flexibility index (Phi) is 6.81. The number of nitrogens with one attached hydrogen (secondary N) is 1. The lowest BCUT2D eigenvalue weighted by Crippen LogP contribution is -2.49. The van der Waals surface area contributed by atoms with Crippen LogP contribution in [0.15, 0.2) is 41.6 Å². The van der Waals surface area contributed by atoms with E-state index in [9.17, 15) is 18.5 Å². The van der Waals surface area contributed by atoms with Crippen molar-refractivity contribution in [2.24, 2.45) is 0 Å². The van der Waals surface area contributed by atoms with Gasteiger partial charge in [-0.25, -0.2) is 9.71 Å². The van der Waals surface area contributed by atoms with Gasteiger partial charge in [-0.1, -0.05) is 12.1 Å². The number of carbonyl (C=O) groups excluding carboxylic acids is 1. The van der Waals surface area contributed by atoms with Crippen molar-refractivity contribution in [1.29, 1.82) is 5.26 Å². The Morgan fingerprint density at radius 1 is 1.26 bits per heavy atom. The number of aromatic nitrogens is 3. The summed E-state index contributed by atoms with van der Waals surface area (Å²) in [6.07, 6.45) is 4.10. The van der Waals surface area contributed by atoms with Gasteiger partial charge in [0.1, 0.15) is 11.8 Å². The highest BCUT2D eigenvalue weighted by atomic mass is 32.2. The molecule has 1 saturated heterocycles. The van der Waals surface area contributed by atoms with Crippen molar-refractivity contribution in [3.05, 3.63) is 64.6 Å². The van der Waals surface area contributed by atoms with Crippen molar-refractivity contribution >= 4 is 15.9 Å². The van der Waals surface area contributed by atoms with Gasteiger partial charge in [-0.15, -0.1) is 0 Å². The number of aryl methyl sites for hydroxylation is 1. The minimum atomic E-state index is -4.25. The average Bonchev–Trinajstić information content (AvgIpc) is 3.52. The lowest BCUT2D eigenvalue weighted by atomic mass is 9.91. The summed E-state index contributed by atoms with van der Waals surface area (Å²) < 4.78 is 41.4. The van der Waals surface area contributed by atoms with Crippen LogP contribution in [0.2, 0.25) is 0 Å². The zero-order chi connectivity index (χ0) is 27.1. The van der Waals surface area contributed by atoms with Crippen LogP contribution in [0.4, 0.5) is 0 Å². The van der Waals surface area contributed by atoms with Crippen LogP contribution in [0.3, 0.4) is 0 Å². The first-order chi connectivity index (χ1) is 18.2. The zero-order valence-electron chi connectivity index (χ0n) is 21.5. The van der Waals surface area contributed by atoms with E-state index in [0.29, 0.717) is 5.69 Å². The van der Waals surface area contributed by atoms with Crippen LogP contribution in [0.25, 0.3) is 11.1 Å². The number of nitriles is 1. The molecule has 11 heteroatoms. The molecular formula is C27H29N5O5S. The highest BCUT2D eigenvalue weighted by molar-refractivity contribution is 7.90. The van der Waals surface area contributed by atoms with E-state index >= 15 is 0 Å². The fourth-order valence-electron chi connectivity index (χ4n) is 5.17. The van der Waals surface area contributed by atoms with Gasteiger partial charge in [-0.2, -0.15) is 18.8 Å². The molecule has 0 bridgehead atoms. The molecule has 5 rings (SSSR count). The van der Waals surface area contributed by atoms with Gasteiger partial charge in [0.05, 0.1) is 25.3 Å². The highest BCUT2D eigenvalue weighted by Crippen LogP contribution is 2.36. The van der Waals surface area contributed by atoms with Gasteiger partial charge in [0, 0.05) is 25.4 Å². The number of methoxy groups -OCH3 is 1. The molecule has 0 saturated carbocycles. The third kappa shape index (κ3) is 4.60. The molecule has 0 atom stereocenters. The summed E-state index contributed by atoms with van der Waals surface area (Å²) in [5.74, 6) is -0.657. The molecule has 1 aliphatic heterocycles. The fourth-order valence-corrected chi connectivity index (χ4v) is 6.11. The number of nitrogens with zero attached hydrogens (tertiary/aromatic N) is 4. The first-order valence-electron chi connectivity index (χ1n) is 12.5. The van der Waals surface area contributed by atoms with Crippen LogP contribution in [0.1, 0.15) is 54.4 Å². The van der Waals surface area contributed by atoms with E-state index < -0.39 is 21.5 Å². The summed E-state index contributed by atoms with van der Waals surface area (Å²) in [7, 11) is -2.70. The van der Waals surface area contributed by atoms with Gasteiger partial charge in [0.25, 0.3) is 10.0 Å². The van der Waals surface area contributed by atoms with Gasteiger partial charge in [-0.3, -0.25) is 9.48 Å².